The molecule has 8 nitrogen and oxygen atoms in total. The van der Waals surface area contributed by atoms with Crippen LogP contribution in [0.25, 0.3) is 0 Å². The van der Waals surface area contributed by atoms with E-state index in [1.807, 2.05) is 0 Å². The molecule has 0 saturated carbocycles. The maximum Gasteiger partial charge on any atom is 0.369 e. The highest BCUT2D eigenvalue weighted by molar-refractivity contribution is 5.98. The number of amidine groups is 1. The summed E-state index contributed by atoms with van der Waals surface area (Å²) >= 11 is 0. The molecule has 2 rings (SSSR count). The third-order valence-corrected chi connectivity index (χ3v) is 3.11. The van der Waals surface area contributed by atoms with Gasteiger partial charge < -0.3 is 24.8 Å². The van der Waals surface area contributed by atoms with Gasteiger partial charge in [-0.1, -0.05) is 5.16 Å². The summed E-state index contributed by atoms with van der Waals surface area (Å²) in [6, 6.07) is 6.34. The summed E-state index contributed by atoms with van der Waals surface area (Å²) in [4.78, 5) is 21.0. The number of aromatic nitrogens is 1. The molecule has 0 amide bonds. The lowest BCUT2D eigenvalue weighted by molar-refractivity contribution is 0.0512. The number of carbonyl (C=O) groups is 1. The number of nitrogens with zero attached hydrogens (tertiary/aromatic N) is 2. The van der Waals surface area contributed by atoms with Gasteiger partial charge in [0.15, 0.2) is 17.3 Å². The van der Waals surface area contributed by atoms with E-state index in [1.54, 1.807) is 18.3 Å². The largest absolute Gasteiger partial charge is 0.496 e. The number of pyridine rings is 1. The third kappa shape index (κ3) is 3.72. The van der Waals surface area contributed by atoms with E-state index < -0.39 is 5.97 Å². The van der Waals surface area contributed by atoms with Crippen LogP contribution < -0.4 is 19.9 Å². The van der Waals surface area contributed by atoms with E-state index in [9.17, 15) is 4.79 Å². The Morgan fingerprint density at radius 1 is 1.08 bits per heavy atom. The summed E-state index contributed by atoms with van der Waals surface area (Å²) in [6.45, 7) is 0. The maximum absolute atomic E-state index is 12.3. The number of hydrogen-bond donors (Lipinski definition) is 1. The Kier molecular flexibility index (Phi) is 5.56. The minimum Gasteiger partial charge on any atom is -0.496 e. The monoisotopic (exact) mass is 331 g/mol. The molecule has 0 spiro atoms. The van der Waals surface area contributed by atoms with Crippen LogP contribution in [0.15, 0.2) is 41.8 Å². The SMILES string of the molecule is COc1cc(OC)c(C(=O)O/N=C(/N)c2cccnc2)cc1OC. The van der Waals surface area contributed by atoms with Gasteiger partial charge in [0.25, 0.3) is 0 Å². The molecule has 0 atom stereocenters. The molecule has 0 aliphatic carbocycles. The normalized spacial score (nSPS) is 10.9. The van der Waals surface area contributed by atoms with E-state index in [0.29, 0.717) is 17.1 Å². The Morgan fingerprint density at radius 3 is 2.33 bits per heavy atom. The second-order valence-corrected chi connectivity index (χ2v) is 4.50. The summed E-state index contributed by atoms with van der Waals surface area (Å²) in [5, 5.41) is 3.62. The Balaban J connectivity index is 2.26. The van der Waals surface area contributed by atoms with Crippen LogP contribution in [0, 0.1) is 0 Å². The number of oxime groups is 1. The van der Waals surface area contributed by atoms with Crippen LogP contribution in [0.3, 0.4) is 0 Å². The fraction of sp³-hybridized carbons (Fsp3) is 0.188. The van der Waals surface area contributed by atoms with Crippen molar-refractivity contribution in [2.24, 2.45) is 10.9 Å². The lowest BCUT2D eigenvalue weighted by atomic mass is 10.1. The predicted molar refractivity (Wildman–Crippen MR) is 86.5 cm³/mol. The lowest BCUT2D eigenvalue weighted by Crippen LogP contribution is -2.15. The van der Waals surface area contributed by atoms with Gasteiger partial charge >= 0.3 is 5.97 Å². The minimum absolute atomic E-state index is 0.0240. The van der Waals surface area contributed by atoms with Crippen LogP contribution in [0.2, 0.25) is 0 Å². The average molecular weight is 331 g/mol. The highest BCUT2D eigenvalue weighted by Crippen LogP contribution is 2.34. The molecule has 0 unspecified atom stereocenters. The highest BCUT2D eigenvalue weighted by atomic mass is 16.7. The summed E-state index contributed by atoms with van der Waals surface area (Å²) in [7, 11) is 4.36. The van der Waals surface area contributed by atoms with Crippen molar-refractivity contribution in [1.29, 1.82) is 0 Å². The molecule has 0 aliphatic heterocycles. The molecule has 0 aliphatic rings. The van der Waals surface area contributed by atoms with Crippen molar-refractivity contribution in [1.82, 2.24) is 4.98 Å². The maximum atomic E-state index is 12.3. The predicted octanol–water partition coefficient (Wildman–Crippen LogP) is 1.58. The van der Waals surface area contributed by atoms with Crippen LogP contribution in [0.4, 0.5) is 0 Å². The van der Waals surface area contributed by atoms with Gasteiger partial charge in [0.05, 0.1) is 21.3 Å². The van der Waals surface area contributed by atoms with E-state index in [-0.39, 0.29) is 17.1 Å². The topological polar surface area (TPSA) is 105 Å². The lowest BCUT2D eigenvalue weighted by Gasteiger charge is -2.12. The molecule has 0 fully saturated rings. The van der Waals surface area contributed by atoms with Crippen LogP contribution in [-0.2, 0) is 4.84 Å². The van der Waals surface area contributed by atoms with Gasteiger partial charge in [-0.05, 0) is 12.1 Å². The molecule has 0 bridgehead atoms. The van der Waals surface area contributed by atoms with Crippen molar-refractivity contribution < 1.29 is 23.8 Å². The standard InChI is InChI=1S/C16H17N3O5/c1-21-12-8-14(23-3)13(22-2)7-11(12)16(20)24-19-15(17)10-5-4-6-18-9-10/h4-9H,1-3H3,(H2,17,19). The molecule has 0 radical (unpaired) electrons. The molecular weight excluding hydrogens is 314 g/mol. The first-order valence-electron chi connectivity index (χ1n) is 6.86. The summed E-state index contributed by atoms with van der Waals surface area (Å²) in [5.41, 5.74) is 6.41. The first kappa shape index (κ1) is 17.1. The number of benzene rings is 1. The van der Waals surface area contributed by atoms with Crippen LogP contribution >= 0.6 is 0 Å². The molecule has 1 aromatic heterocycles. The molecule has 0 saturated heterocycles. The Hall–Kier alpha value is -3.29. The summed E-state index contributed by atoms with van der Waals surface area (Å²) in [5.74, 6) is 0.307. The minimum atomic E-state index is -0.750. The molecule has 1 heterocycles. The van der Waals surface area contributed by atoms with E-state index in [1.165, 1.54) is 39.7 Å². The van der Waals surface area contributed by atoms with Gasteiger partial charge in [-0.2, -0.15) is 0 Å². The zero-order chi connectivity index (χ0) is 17.5. The first-order chi connectivity index (χ1) is 11.6. The van der Waals surface area contributed by atoms with E-state index in [2.05, 4.69) is 10.1 Å². The third-order valence-electron chi connectivity index (χ3n) is 3.11. The number of rotatable bonds is 6. The second-order valence-electron chi connectivity index (χ2n) is 4.50. The fourth-order valence-corrected chi connectivity index (χ4v) is 1.90. The quantitative estimate of drug-likeness (QED) is 0.371. The van der Waals surface area contributed by atoms with Gasteiger partial charge in [-0.3, -0.25) is 4.98 Å². The van der Waals surface area contributed by atoms with Crippen molar-refractivity contribution in [2.75, 3.05) is 21.3 Å². The second kappa shape index (κ2) is 7.82. The van der Waals surface area contributed by atoms with Crippen molar-refractivity contribution >= 4 is 11.8 Å². The van der Waals surface area contributed by atoms with Crippen molar-refractivity contribution in [3.63, 3.8) is 0 Å². The number of hydrogen-bond acceptors (Lipinski definition) is 7. The van der Waals surface area contributed by atoms with Crippen LogP contribution in [0.1, 0.15) is 15.9 Å². The first-order valence-corrected chi connectivity index (χ1v) is 6.86. The molecule has 24 heavy (non-hydrogen) atoms. The number of ether oxygens (including phenoxy) is 3. The molecule has 1 aromatic carbocycles. The molecule has 2 aromatic rings. The van der Waals surface area contributed by atoms with Crippen molar-refractivity contribution in [2.45, 2.75) is 0 Å². The van der Waals surface area contributed by atoms with E-state index >= 15 is 0 Å². The van der Waals surface area contributed by atoms with Crippen molar-refractivity contribution in [3.05, 3.63) is 47.8 Å². The van der Waals surface area contributed by atoms with Crippen LogP contribution in [0.5, 0.6) is 17.2 Å². The van der Waals surface area contributed by atoms with Gasteiger partial charge in [0, 0.05) is 30.1 Å². The average Bonchev–Trinajstić information content (AvgIpc) is 2.65. The molecular formula is C16H17N3O5. The number of methoxy groups -OCH3 is 3. The smallest absolute Gasteiger partial charge is 0.369 e. The Bertz CT molecular complexity index is 747. The zero-order valence-electron chi connectivity index (χ0n) is 13.5. The van der Waals surface area contributed by atoms with Gasteiger partial charge in [0.2, 0.25) is 0 Å². The Morgan fingerprint density at radius 2 is 1.75 bits per heavy atom. The van der Waals surface area contributed by atoms with Gasteiger partial charge in [-0.15, -0.1) is 0 Å². The zero-order valence-corrected chi connectivity index (χ0v) is 13.5. The molecule has 126 valence electrons. The molecule has 2 N–H and O–H groups in total. The van der Waals surface area contributed by atoms with Gasteiger partial charge in [-0.25, -0.2) is 4.79 Å². The van der Waals surface area contributed by atoms with Crippen LogP contribution in [-0.4, -0.2) is 38.1 Å². The molecule has 8 heteroatoms. The summed E-state index contributed by atoms with van der Waals surface area (Å²) in [6.07, 6.45) is 3.10. The number of carbonyl (C=O) groups excluding carboxylic acids is 1. The number of nitrogens with two attached hydrogens (primary N) is 1. The van der Waals surface area contributed by atoms with Crippen molar-refractivity contribution in [3.8, 4) is 17.2 Å². The fourth-order valence-electron chi connectivity index (χ4n) is 1.90. The van der Waals surface area contributed by atoms with Gasteiger partial charge in [0.1, 0.15) is 11.3 Å². The van der Waals surface area contributed by atoms with E-state index in [4.69, 9.17) is 24.8 Å². The highest BCUT2D eigenvalue weighted by Gasteiger charge is 2.19. The van der Waals surface area contributed by atoms with E-state index in [0.717, 1.165) is 0 Å². The summed E-state index contributed by atoms with van der Waals surface area (Å²) < 4.78 is 15.5. The Labute approximate surface area is 138 Å².